The first-order valence-electron chi connectivity index (χ1n) is 15.3. The van der Waals surface area contributed by atoms with Gasteiger partial charge in [0.25, 0.3) is 5.91 Å². The van der Waals surface area contributed by atoms with Crippen LogP contribution in [0, 0.1) is 0 Å². The summed E-state index contributed by atoms with van der Waals surface area (Å²) in [5.41, 5.74) is 22.1. The second-order valence-corrected chi connectivity index (χ2v) is 12.3. The van der Waals surface area contributed by atoms with Gasteiger partial charge in [0.2, 0.25) is 0 Å². The van der Waals surface area contributed by atoms with Crippen LogP contribution in [0.1, 0.15) is 33.1 Å². The molecule has 0 aromatic rings. The SMILES string of the molecule is CNC1C(O)C(OC(C(O)COC2OC(CN=C(N)CO)CCC2N)C(CC(C)N)NC(=O)C(O)C(N)C(O)CO)OCC1(C)O. The van der Waals surface area contributed by atoms with Gasteiger partial charge in [-0.3, -0.25) is 9.79 Å². The molecule has 0 spiro atoms. The van der Waals surface area contributed by atoms with Gasteiger partial charge in [0.05, 0.1) is 62.7 Å². The van der Waals surface area contributed by atoms with Gasteiger partial charge in [0, 0.05) is 6.04 Å². The molecule has 0 aromatic heterocycles. The van der Waals surface area contributed by atoms with Crippen molar-refractivity contribution in [3.05, 3.63) is 0 Å². The third-order valence-corrected chi connectivity index (χ3v) is 8.02. The highest BCUT2D eigenvalue weighted by Gasteiger charge is 2.48. The van der Waals surface area contributed by atoms with E-state index in [4.69, 9.17) is 47.0 Å². The van der Waals surface area contributed by atoms with Gasteiger partial charge < -0.3 is 88.3 Å². The van der Waals surface area contributed by atoms with Crippen molar-refractivity contribution in [1.29, 1.82) is 0 Å². The minimum Gasteiger partial charge on any atom is -0.394 e. The van der Waals surface area contributed by atoms with E-state index < -0.39 is 111 Å². The van der Waals surface area contributed by atoms with Gasteiger partial charge in [0.1, 0.15) is 42.5 Å². The molecule has 0 aliphatic carbocycles. The monoisotopic (exact) mass is 669 g/mol. The van der Waals surface area contributed by atoms with Crippen molar-refractivity contribution >= 4 is 11.7 Å². The summed E-state index contributed by atoms with van der Waals surface area (Å²) in [4.78, 5) is 17.1. The molecule has 0 aromatic carbocycles. The number of hydrogen-bond donors (Lipinski definition) is 13. The van der Waals surface area contributed by atoms with Crippen molar-refractivity contribution < 1.29 is 59.5 Å². The van der Waals surface area contributed by atoms with Crippen molar-refractivity contribution in [3.8, 4) is 0 Å². The zero-order valence-electron chi connectivity index (χ0n) is 26.6. The average Bonchev–Trinajstić information content (AvgIpc) is 3.01. The molecule has 19 nitrogen and oxygen atoms in total. The van der Waals surface area contributed by atoms with E-state index >= 15 is 0 Å². The third-order valence-electron chi connectivity index (χ3n) is 8.02. The Morgan fingerprint density at radius 1 is 1.15 bits per heavy atom. The van der Waals surface area contributed by atoms with Gasteiger partial charge in [-0.05, 0) is 40.2 Å². The summed E-state index contributed by atoms with van der Waals surface area (Å²) in [6, 6.07) is -4.78. The Hall–Kier alpha value is -1.66. The summed E-state index contributed by atoms with van der Waals surface area (Å²) in [7, 11) is 1.53. The standard InChI is InChI=1S/C27H55N7O12/c1-12(28)6-15(34-24(41)20(39)19(31)16(37)8-35)22(46-26-21(40)23(32-3)27(2,42)11-44-26)17(38)10-43-25-14(29)5-4-13(45-25)7-33-18(30)9-36/h12-17,19-23,25-26,32,35-40,42H,4-11,28-29,31H2,1-3H3,(H2,30,33)(H,34,41). The Kier molecular flexibility index (Phi) is 16.5. The number of aliphatic hydroxyl groups is 7. The number of rotatable bonds is 18. The molecule has 0 radical (unpaired) electrons. The van der Waals surface area contributed by atoms with Gasteiger partial charge in [0.15, 0.2) is 12.6 Å². The van der Waals surface area contributed by atoms with Gasteiger partial charge in [-0.15, -0.1) is 0 Å². The Morgan fingerprint density at radius 3 is 2.41 bits per heavy atom. The topological polar surface area (TPSA) is 336 Å². The molecular weight excluding hydrogens is 614 g/mol. The molecule has 14 atom stereocenters. The highest BCUT2D eigenvalue weighted by Crippen LogP contribution is 2.28. The number of likely N-dealkylation sites (N-methyl/N-ethyl adjacent to an activating group) is 1. The second kappa shape index (κ2) is 18.8. The van der Waals surface area contributed by atoms with Gasteiger partial charge in [-0.25, -0.2) is 0 Å². The Morgan fingerprint density at radius 2 is 1.83 bits per heavy atom. The van der Waals surface area contributed by atoms with Crippen LogP contribution >= 0.6 is 0 Å². The van der Waals surface area contributed by atoms with Crippen LogP contribution in [-0.4, -0.2) is 173 Å². The zero-order chi connectivity index (χ0) is 34.8. The molecule has 19 heteroatoms. The highest BCUT2D eigenvalue weighted by molar-refractivity contribution is 5.82. The first kappa shape index (κ1) is 40.5. The van der Waals surface area contributed by atoms with Crippen LogP contribution in [0.4, 0.5) is 0 Å². The van der Waals surface area contributed by atoms with Crippen molar-refractivity contribution in [3.63, 3.8) is 0 Å². The molecule has 2 saturated heterocycles. The quantitative estimate of drug-likeness (QED) is 0.0476. The van der Waals surface area contributed by atoms with E-state index in [2.05, 4.69) is 15.6 Å². The lowest BCUT2D eigenvalue weighted by molar-refractivity contribution is -0.295. The van der Waals surface area contributed by atoms with E-state index in [1.165, 1.54) is 14.0 Å². The molecular formula is C27H55N7O12. The lowest BCUT2D eigenvalue weighted by Gasteiger charge is -2.45. The lowest BCUT2D eigenvalue weighted by Crippen LogP contribution is -2.66. The molecule has 2 aliphatic rings. The van der Waals surface area contributed by atoms with Crippen LogP contribution < -0.4 is 33.6 Å². The fourth-order valence-electron chi connectivity index (χ4n) is 5.35. The fraction of sp³-hybridized carbons (Fsp3) is 0.926. The molecule has 2 fully saturated rings. The fourth-order valence-corrected chi connectivity index (χ4v) is 5.35. The number of ether oxygens (including phenoxy) is 4. The minimum absolute atomic E-state index is 0.0280. The maximum atomic E-state index is 13.0. The molecule has 2 heterocycles. The predicted octanol–water partition coefficient (Wildman–Crippen LogP) is -6.75. The Bertz CT molecular complexity index is 951. The van der Waals surface area contributed by atoms with E-state index in [1.54, 1.807) is 6.92 Å². The number of amides is 1. The minimum atomic E-state index is -1.97. The van der Waals surface area contributed by atoms with E-state index in [1.807, 2.05) is 0 Å². The lowest BCUT2D eigenvalue weighted by atomic mass is 9.89. The zero-order valence-corrected chi connectivity index (χ0v) is 26.6. The number of amidine groups is 1. The molecule has 0 saturated carbocycles. The number of carbonyl (C=O) groups excluding carboxylic acids is 1. The predicted molar refractivity (Wildman–Crippen MR) is 163 cm³/mol. The molecule has 2 aliphatic heterocycles. The summed E-state index contributed by atoms with van der Waals surface area (Å²) in [6.45, 7) is 1.31. The smallest absolute Gasteiger partial charge is 0.250 e. The number of nitrogens with one attached hydrogen (secondary N) is 2. The molecule has 0 bridgehead atoms. The van der Waals surface area contributed by atoms with Crippen molar-refractivity contribution in [1.82, 2.24) is 10.6 Å². The first-order valence-corrected chi connectivity index (χ1v) is 15.3. The van der Waals surface area contributed by atoms with Crippen LogP contribution in [0.3, 0.4) is 0 Å². The molecule has 270 valence electrons. The second-order valence-electron chi connectivity index (χ2n) is 12.3. The maximum Gasteiger partial charge on any atom is 0.250 e. The van der Waals surface area contributed by atoms with Crippen molar-refractivity contribution in [2.24, 2.45) is 27.9 Å². The normalized spacial score (nSPS) is 33.8. The molecule has 14 unspecified atom stereocenters. The molecule has 1 amide bonds. The van der Waals surface area contributed by atoms with E-state index in [0.29, 0.717) is 12.8 Å². The van der Waals surface area contributed by atoms with E-state index in [-0.39, 0.29) is 25.4 Å². The Labute approximate surface area is 268 Å². The van der Waals surface area contributed by atoms with Crippen LogP contribution in [-0.2, 0) is 23.7 Å². The van der Waals surface area contributed by atoms with Crippen molar-refractivity contribution in [2.45, 2.75) is 118 Å². The van der Waals surface area contributed by atoms with Crippen LogP contribution in [0.2, 0.25) is 0 Å². The summed E-state index contributed by atoms with van der Waals surface area (Å²) in [6.07, 6.45) is -9.81. The van der Waals surface area contributed by atoms with Crippen LogP contribution in [0.15, 0.2) is 4.99 Å². The van der Waals surface area contributed by atoms with Gasteiger partial charge in [-0.2, -0.15) is 0 Å². The summed E-state index contributed by atoms with van der Waals surface area (Å²) in [5.74, 6) is -1.02. The average molecular weight is 670 g/mol. The summed E-state index contributed by atoms with van der Waals surface area (Å²) < 4.78 is 23.4. The molecule has 46 heavy (non-hydrogen) atoms. The number of aliphatic hydroxyl groups excluding tert-OH is 6. The number of carbonyl (C=O) groups is 1. The summed E-state index contributed by atoms with van der Waals surface area (Å²) >= 11 is 0. The van der Waals surface area contributed by atoms with Gasteiger partial charge >= 0.3 is 0 Å². The first-order chi connectivity index (χ1) is 21.6. The highest BCUT2D eigenvalue weighted by atomic mass is 16.7. The van der Waals surface area contributed by atoms with E-state index in [9.17, 15) is 35.4 Å². The van der Waals surface area contributed by atoms with Crippen LogP contribution in [0.5, 0.6) is 0 Å². The summed E-state index contributed by atoms with van der Waals surface area (Å²) in [5, 5.41) is 77.1. The third kappa shape index (κ3) is 11.5. The maximum absolute atomic E-state index is 13.0. The molecule has 17 N–H and O–H groups in total. The van der Waals surface area contributed by atoms with E-state index in [0.717, 1.165) is 0 Å². The number of aliphatic imine (C=N–C) groups is 1. The Balaban J connectivity index is 2.31. The van der Waals surface area contributed by atoms with Crippen molar-refractivity contribution in [2.75, 3.05) is 40.0 Å². The number of nitrogens with zero attached hydrogens (tertiary/aromatic N) is 1. The number of nitrogens with two attached hydrogens (primary N) is 4. The van der Waals surface area contributed by atoms with Crippen LogP contribution in [0.25, 0.3) is 0 Å². The number of hydrogen-bond acceptors (Lipinski definition) is 17. The van der Waals surface area contributed by atoms with Gasteiger partial charge in [-0.1, -0.05) is 0 Å². The molecule has 2 rings (SSSR count). The largest absolute Gasteiger partial charge is 0.394 e.